The van der Waals surface area contributed by atoms with Gasteiger partial charge < -0.3 is 9.47 Å². The number of amides is 1. The highest BCUT2D eigenvalue weighted by Crippen LogP contribution is 2.21. The fraction of sp³-hybridized carbons (Fsp3) is 0.273. The fourth-order valence-electron chi connectivity index (χ4n) is 3.02. The van der Waals surface area contributed by atoms with Crippen LogP contribution in [0.1, 0.15) is 24.7 Å². The van der Waals surface area contributed by atoms with E-state index in [2.05, 4.69) is 28.4 Å². The largest absolute Gasteiger partial charge is 0.311 e. The fourth-order valence-corrected chi connectivity index (χ4v) is 3.92. The Balaban J connectivity index is 1.69. The Morgan fingerprint density at radius 1 is 1.10 bits per heavy atom. The lowest BCUT2D eigenvalue weighted by Crippen LogP contribution is -2.33. The number of rotatable bonds is 9. The van der Waals surface area contributed by atoms with Crippen LogP contribution in [-0.2, 0) is 17.8 Å². The number of nitriles is 1. The number of carbonyl (C=O) groups excluding carboxylic acids is 1. The van der Waals surface area contributed by atoms with Gasteiger partial charge in [0, 0.05) is 25.2 Å². The lowest BCUT2D eigenvalue weighted by molar-refractivity contribution is -0.116. The highest BCUT2D eigenvalue weighted by atomic mass is 32.2. The van der Waals surface area contributed by atoms with Crippen LogP contribution in [0.25, 0.3) is 0 Å². The summed E-state index contributed by atoms with van der Waals surface area (Å²) in [6.45, 7) is 3.16. The minimum absolute atomic E-state index is 0.0493. The molecule has 0 saturated carbocycles. The van der Waals surface area contributed by atoms with Crippen molar-refractivity contribution in [2.24, 2.45) is 0 Å². The molecule has 7 heteroatoms. The van der Waals surface area contributed by atoms with Gasteiger partial charge in [-0.25, -0.2) is 0 Å². The van der Waals surface area contributed by atoms with Crippen LogP contribution in [0.15, 0.2) is 65.8 Å². The lowest BCUT2D eigenvalue weighted by Gasteiger charge is -2.21. The van der Waals surface area contributed by atoms with E-state index in [0.29, 0.717) is 13.0 Å². The molecule has 0 radical (unpaired) electrons. The second-order valence-corrected chi connectivity index (χ2v) is 7.33. The molecule has 0 aliphatic heterocycles. The zero-order chi connectivity index (χ0) is 20.5. The number of hydrogen-bond donors (Lipinski definition) is 0. The van der Waals surface area contributed by atoms with Crippen molar-refractivity contribution in [2.45, 2.75) is 31.5 Å². The monoisotopic (exact) mass is 405 g/mol. The molecule has 0 aliphatic carbocycles. The highest BCUT2D eigenvalue weighted by Gasteiger charge is 2.18. The Hall–Kier alpha value is -3.11. The summed E-state index contributed by atoms with van der Waals surface area (Å²) in [5, 5.41) is 18.3. The van der Waals surface area contributed by atoms with Gasteiger partial charge in [0.2, 0.25) is 5.91 Å². The van der Waals surface area contributed by atoms with Crippen LogP contribution >= 0.6 is 11.8 Å². The summed E-state index contributed by atoms with van der Waals surface area (Å²) in [7, 11) is 0. The third kappa shape index (κ3) is 5.46. The Labute approximate surface area is 175 Å². The Morgan fingerprint density at radius 2 is 1.79 bits per heavy atom. The normalized spacial score (nSPS) is 10.5. The van der Waals surface area contributed by atoms with Crippen molar-refractivity contribution in [2.75, 3.05) is 17.2 Å². The molecule has 2 aromatic carbocycles. The smallest absolute Gasteiger partial charge is 0.237 e. The first-order chi connectivity index (χ1) is 14.2. The van der Waals surface area contributed by atoms with Crippen LogP contribution in [0.4, 0.5) is 5.69 Å². The van der Waals surface area contributed by atoms with Crippen LogP contribution in [0.2, 0.25) is 0 Å². The molecule has 29 heavy (non-hydrogen) atoms. The molecule has 3 rings (SSSR count). The van der Waals surface area contributed by atoms with Crippen molar-refractivity contribution in [3.8, 4) is 6.07 Å². The van der Waals surface area contributed by atoms with E-state index >= 15 is 0 Å². The highest BCUT2D eigenvalue weighted by molar-refractivity contribution is 7.99. The van der Waals surface area contributed by atoms with E-state index in [-0.39, 0.29) is 18.1 Å². The Morgan fingerprint density at radius 3 is 2.45 bits per heavy atom. The molecule has 0 atom stereocenters. The van der Waals surface area contributed by atoms with Crippen molar-refractivity contribution >= 4 is 23.4 Å². The minimum Gasteiger partial charge on any atom is -0.311 e. The topological polar surface area (TPSA) is 74.8 Å². The predicted octanol–water partition coefficient (Wildman–Crippen LogP) is 3.93. The maximum absolute atomic E-state index is 12.9. The number of thioether (sulfide) groups is 1. The van der Waals surface area contributed by atoms with Gasteiger partial charge in [-0.1, -0.05) is 60.3 Å². The minimum atomic E-state index is -0.0493. The zero-order valence-electron chi connectivity index (χ0n) is 16.4. The molecular weight excluding hydrogens is 382 g/mol. The van der Waals surface area contributed by atoms with E-state index in [1.54, 1.807) is 4.90 Å². The van der Waals surface area contributed by atoms with Gasteiger partial charge in [0.1, 0.15) is 5.82 Å². The number of nitrogens with zero attached hydrogens (tertiary/aromatic N) is 5. The molecule has 1 amide bonds. The molecule has 0 N–H and O–H groups in total. The number of hydrogen-bond acceptors (Lipinski definition) is 5. The van der Waals surface area contributed by atoms with E-state index in [0.717, 1.165) is 23.2 Å². The first-order valence-corrected chi connectivity index (χ1v) is 10.5. The van der Waals surface area contributed by atoms with E-state index in [9.17, 15) is 4.79 Å². The standard InChI is InChI=1S/C22H23N5OS/c1-2-26-20(16-18-10-5-3-6-11-18)24-25-22(26)29-17-21(28)27(15-9-14-23)19-12-7-4-8-13-19/h3-8,10-13H,2,9,15-17H2,1H3. The van der Waals surface area contributed by atoms with Crippen molar-refractivity contribution in [1.82, 2.24) is 14.8 Å². The number of benzene rings is 2. The first-order valence-electron chi connectivity index (χ1n) is 9.54. The van der Waals surface area contributed by atoms with Gasteiger partial charge in [-0.05, 0) is 24.6 Å². The Kier molecular flexibility index (Phi) is 7.42. The molecule has 0 aliphatic rings. The third-order valence-electron chi connectivity index (χ3n) is 4.46. The van der Waals surface area contributed by atoms with Crippen LogP contribution in [-0.4, -0.2) is 33.0 Å². The summed E-state index contributed by atoms with van der Waals surface area (Å²) in [6.07, 6.45) is 0.992. The van der Waals surface area contributed by atoms with E-state index in [1.807, 2.05) is 60.0 Å². The molecule has 1 heterocycles. The molecule has 6 nitrogen and oxygen atoms in total. The SMILES string of the molecule is CCn1c(Cc2ccccc2)nnc1SCC(=O)N(CCC#N)c1ccccc1. The van der Waals surface area contributed by atoms with Gasteiger partial charge in [0.05, 0.1) is 18.2 Å². The van der Waals surface area contributed by atoms with Crippen molar-refractivity contribution < 1.29 is 4.79 Å². The van der Waals surface area contributed by atoms with E-state index in [1.165, 1.54) is 17.3 Å². The molecule has 0 unspecified atom stereocenters. The summed E-state index contributed by atoms with van der Waals surface area (Å²) >= 11 is 1.38. The third-order valence-corrected chi connectivity index (χ3v) is 5.41. The number of anilines is 1. The van der Waals surface area contributed by atoms with Crippen molar-refractivity contribution in [1.29, 1.82) is 5.26 Å². The summed E-state index contributed by atoms with van der Waals surface area (Å²) in [4.78, 5) is 14.5. The second kappa shape index (κ2) is 10.4. The number of carbonyl (C=O) groups is 1. The Bertz CT molecular complexity index is 966. The first kappa shape index (κ1) is 20.6. The molecule has 0 bridgehead atoms. The quantitative estimate of drug-likeness (QED) is 0.504. The summed E-state index contributed by atoms with van der Waals surface area (Å²) in [5.74, 6) is 1.08. The van der Waals surface area contributed by atoms with Crippen molar-refractivity contribution in [3.63, 3.8) is 0 Å². The molecule has 1 aromatic heterocycles. The van der Waals surface area contributed by atoms with E-state index in [4.69, 9.17) is 5.26 Å². The van der Waals surface area contributed by atoms with Gasteiger partial charge >= 0.3 is 0 Å². The molecule has 0 fully saturated rings. The second-order valence-electron chi connectivity index (χ2n) is 6.38. The lowest BCUT2D eigenvalue weighted by atomic mass is 10.1. The molecule has 0 spiro atoms. The van der Waals surface area contributed by atoms with Gasteiger partial charge in [-0.15, -0.1) is 10.2 Å². The van der Waals surface area contributed by atoms with Crippen LogP contribution in [0.3, 0.4) is 0 Å². The maximum Gasteiger partial charge on any atom is 0.237 e. The average Bonchev–Trinajstić information content (AvgIpc) is 3.15. The maximum atomic E-state index is 12.9. The van der Waals surface area contributed by atoms with Gasteiger partial charge in [0.15, 0.2) is 5.16 Å². The van der Waals surface area contributed by atoms with E-state index < -0.39 is 0 Å². The summed E-state index contributed by atoms with van der Waals surface area (Å²) in [6, 6.07) is 21.7. The number of para-hydroxylation sites is 1. The van der Waals surface area contributed by atoms with Gasteiger partial charge in [-0.3, -0.25) is 4.79 Å². The molecule has 148 valence electrons. The van der Waals surface area contributed by atoms with Gasteiger partial charge in [-0.2, -0.15) is 5.26 Å². The number of aromatic nitrogens is 3. The summed E-state index contributed by atoms with van der Waals surface area (Å²) < 4.78 is 2.05. The molecule has 3 aromatic rings. The summed E-state index contributed by atoms with van der Waals surface area (Å²) in [5.41, 5.74) is 1.98. The molecule has 0 saturated heterocycles. The average molecular weight is 406 g/mol. The zero-order valence-corrected chi connectivity index (χ0v) is 17.2. The van der Waals surface area contributed by atoms with Crippen molar-refractivity contribution in [3.05, 3.63) is 72.1 Å². The molecular formula is C22H23N5OS. The predicted molar refractivity (Wildman–Crippen MR) is 115 cm³/mol. The van der Waals surface area contributed by atoms with Gasteiger partial charge in [0.25, 0.3) is 0 Å². The van der Waals surface area contributed by atoms with Crippen LogP contribution in [0, 0.1) is 11.3 Å². The van der Waals surface area contributed by atoms with Crippen LogP contribution < -0.4 is 4.90 Å². The van der Waals surface area contributed by atoms with Crippen LogP contribution in [0.5, 0.6) is 0 Å².